The third-order valence-electron chi connectivity index (χ3n) is 3.03. The Morgan fingerprint density at radius 1 is 1.09 bits per heavy atom. The van der Waals surface area contributed by atoms with Crippen molar-refractivity contribution in [1.29, 1.82) is 0 Å². The van der Waals surface area contributed by atoms with E-state index >= 15 is 0 Å². The van der Waals surface area contributed by atoms with Crippen LogP contribution in [0.1, 0.15) is 0 Å². The van der Waals surface area contributed by atoms with Crippen LogP contribution in [0.3, 0.4) is 0 Å². The first kappa shape index (κ1) is 15.7. The van der Waals surface area contributed by atoms with Crippen molar-refractivity contribution in [3.8, 4) is 11.3 Å². The van der Waals surface area contributed by atoms with Gasteiger partial charge in [-0.1, -0.05) is 12.1 Å². The number of aromatic amines is 1. The topological polar surface area (TPSA) is 127 Å². The number of aliphatic hydroxyl groups is 2. The number of nitrogens with zero attached hydrogens (tertiary/aromatic N) is 1. The van der Waals surface area contributed by atoms with Gasteiger partial charge in [0.15, 0.2) is 12.2 Å². The van der Waals surface area contributed by atoms with Crippen LogP contribution in [0.15, 0.2) is 36.5 Å². The number of likely N-dealkylation sites (N-methyl/N-ethyl adjacent to an activating group) is 1. The summed E-state index contributed by atoms with van der Waals surface area (Å²) >= 11 is 0. The van der Waals surface area contributed by atoms with E-state index in [2.05, 4.69) is 20.8 Å². The summed E-state index contributed by atoms with van der Waals surface area (Å²) in [6.45, 7) is 0. The lowest BCUT2D eigenvalue weighted by Gasteiger charge is -2.16. The van der Waals surface area contributed by atoms with Crippen LogP contribution in [0.4, 0.5) is 5.69 Å². The van der Waals surface area contributed by atoms with Gasteiger partial charge >= 0.3 is 0 Å². The molecule has 0 saturated heterocycles. The molecule has 0 aliphatic rings. The van der Waals surface area contributed by atoms with Crippen LogP contribution in [0, 0.1) is 0 Å². The summed E-state index contributed by atoms with van der Waals surface area (Å²) in [5.41, 5.74) is 2.03. The number of amides is 2. The average molecular weight is 304 g/mol. The highest BCUT2D eigenvalue weighted by atomic mass is 16.3. The number of hydrogen-bond donors (Lipinski definition) is 5. The third-order valence-corrected chi connectivity index (χ3v) is 3.03. The van der Waals surface area contributed by atoms with Crippen LogP contribution in [-0.4, -0.2) is 51.5 Å². The van der Waals surface area contributed by atoms with Gasteiger partial charge in [0.25, 0.3) is 11.8 Å². The van der Waals surface area contributed by atoms with E-state index in [0.29, 0.717) is 5.69 Å². The summed E-state index contributed by atoms with van der Waals surface area (Å²) in [4.78, 5) is 22.9. The highest BCUT2D eigenvalue weighted by molar-refractivity contribution is 5.98. The molecule has 0 fully saturated rings. The molecule has 0 aliphatic heterocycles. The number of hydrogen-bond acceptors (Lipinski definition) is 5. The number of carbonyl (C=O) groups is 2. The molecule has 0 bridgehead atoms. The van der Waals surface area contributed by atoms with Crippen molar-refractivity contribution in [2.75, 3.05) is 12.4 Å². The lowest BCUT2D eigenvalue weighted by atomic mass is 10.1. The number of rotatable bonds is 5. The molecule has 0 aliphatic carbocycles. The summed E-state index contributed by atoms with van der Waals surface area (Å²) in [5, 5.41) is 30.4. The summed E-state index contributed by atoms with van der Waals surface area (Å²) in [5.74, 6) is -1.71. The molecule has 2 aromatic rings. The molecule has 0 unspecified atom stereocenters. The van der Waals surface area contributed by atoms with Crippen LogP contribution in [0.25, 0.3) is 11.3 Å². The number of aliphatic hydroxyl groups excluding tert-OH is 2. The van der Waals surface area contributed by atoms with Gasteiger partial charge in [-0.25, -0.2) is 0 Å². The molecule has 8 nitrogen and oxygen atoms in total. The van der Waals surface area contributed by atoms with E-state index in [-0.39, 0.29) is 0 Å². The zero-order chi connectivity index (χ0) is 16.1. The molecule has 0 radical (unpaired) electrons. The van der Waals surface area contributed by atoms with Crippen LogP contribution in [0.5, 0.6) is 0 Å². The monoisotopic (exact) mass is 304 g/mol. The summed E-state index contributed by atoms with van der Waals surface area (Å²) in [6.07, 6.45) is -1.99. The lowest BCUT2D eigenvalue weighted by molar-refractivity contribution is -0.142. The number of H-pyrrole nitrogens is 1. The van der Waals surface area contributed by atoms with Crippen molar-refractivity contribution in [1.82, 2.24) is 15.5 Å². The zero-order valence-corrected chi connectivity index (χ0v) is 11.8. The minimum Gasteiger partial charge on any atom is -0.380 e. The molecule has 1 aromatic heterocycles. The van der Waals surface area contributed by atoms with Crippen molar-refractivity contribution in [3.05, 3.63) is 36.5 Å². The van der Waals surface area contributed by atoms with Crippen molar-refractivity contribution in [2.45, 2.75) is 12.2 Å². The Balaban J connectivity index is 2.01. The largest absolute Gasteiger partial charge is 0.380 e. The molecular formula is C14H16N4O4. The third kappa shape index (κ3) is 3.48. The minimum absolute atomic E-state index is 0.424. The molecule has 2 amide bonds. The van der Waals surface area contributed by atoms with Gasteiger partial charge in [-0.2, -0.15) is 5.10 Å². The quantitative estimate of drug-likeness (QED) is 0.508. The van der Waals surface area contributed by atoms with E-state index in [1.807, 2.05) is 0 Å². The van der Waals surface area contributed by atoms with Gasteiger partial charge in [0.2, 0.25) is 0 Å². The van der Waals surface area contributed by atoms with Gasteiger partial charge in [0.05, 0.1) is 5.69 Å². The van der Waals surface area contributed by atoms with E-state index in [0.717, 1.165) is 11.3 Å². The van der Waals surface area contributed by atoms with Gasteiger partial charge < -0.3 is 20.8 Å². The van der Waals surface area contributed by atoms with Gasteiger partial charge in [-0.15, -0.1) is 0 Å². The molecule has 2 rings (SSSR count). The first-order chi connectivity index (χ1) is 10.5. The Morgan fingerprint density at radius 3 is 2.27 bits per heavy atom. The predicted molar refractivity (Wildman–Crippen MR) is 78.7 cm³/mol. The van der Waals surface area contributed by atoms with Crippen molar-refractivity contribution >= 4 is 17.5 Å². The van der Waals surface area contributed by atoms with Crippen LogP contribution in [0.2, 0.25) is 0 Å². The molecule has 22 heavy (non-hydrogen) atoms. The minimum atomic E-state index is -1.86. The van der Waals surface area contributed by atoms with E-state index in [1.54, 1.807) is 36.5 Å². The average Bonchev–Trinajstić information content (AvgIpc) is 3.07. The summed E-state index contributed by atoms with van der Waals surface area (Å²) < 4.78 is 0. The molecule has 0 saturated carbocycles. The first-order valence-electron chi connectivity index (χ1n) is 6.51. The molecule has 8 heteroatoms. The number of carbonyl (C=O) groups excluding carboxylic acids is 2. The van der Waals surface area contributed by atoms with E-state index in [4.69, 9.17) is 0 Å². The van der Waals surface area contributed by atoms with Crippen LogP contribution >= 0.6 is 0 Å². The second-order valence-corrected chi connectivity index (χ2v) is 4.53. The van der Waals surface area contributed by atoms with E-state index in [9.17, 15) is 19.8 Å². The first-order valence-corrected chi connectivity index (χ1v) is 6.51. The molecule has 1 aromatic carbocycles. The van der Waals surface area contributed by atoms with Crippen molar-refractivity contribution in [2.24, 2.45) is 0 Å². The fourth-order valence-corrected chi connectivity index (χ4v) is 1.80. The normalized spacial score (nSPS) is 13.2. The fourth-order valence-electron chi connectivity index (χ4n) is 1.80. The van der Waals surface area contributed by atoms with E-state index in [1.165, 1.54) is 7.05 Å². The maximum absolute atomic E-state index is 11.8. The van der Waals surface area contributed by atoms with Crippen molar-refractivity contribution < 1.29 is 19.8 Å². The predicted octanol–water partition coefficient (Wildman–Crippen LogP) is -0.517. The second-order valence-electron chi connectivity index (χ2n) is 4.53. The Labute approximate surface area is 126 Å². The van der Waals surface area contributed by atoms with Gasteiger partial charge in [-0.3, -0.25) is 14.7 Å². The number of benzene rings is 1. The molecule has 5 N–H and O–H groups in total. The van der Waals surface area contributed by atoms with Gasteiger partial charge in [-0.05, 0) is 18.2 Å². The highest BCUT2D eigenvalue weighted by Crippen LogP contribution is 2.19. The Hall–Kier alpha value is -2.71. The number of aromatic nitrogens is 2. The fraction of sp³-hybridized carbons (Fsp3) is 0.214. The summed E-state index contributed by atoms with van der Waals surface area (Å²) in [6, 6.07) is 8.54. The van der Waals surface area contributed by atoms with Crippen LogP contribution in [-0.2, 0) is 9.59 Å². The Bertz CT molecular complexity index is 639. The molecule has 0 spiro atoms. The van der Waals surface area contributed by atoms with Crippen LogP contribution < -0.4 is 10.6 Å². The molecule has 1 heterocycles. The lowest BCUT2D eigenvalue weighted by Crippen LogP contribution is -2.46. The number of nitrogens with one attached hydrogen (secondary N) is 3. The highest BCUT2D eigenvalue weighted by Gasteiger charge is 2.29. The smallest absolute Gasteiger partial charge is 0.256 e. The van der Waals surface area contributed by atoms with Crippen molar-refractivity contribution in [3.63, 3.8) is 0 Å². The summed E-state index contributed by atoms with van der Waals surface area (Å²) in [7, 11) is 1.30. The molecule has 2 atom stereocenters. The standard InChI is InChI=1S/C14H16N4O4/c1-15-13(21)11(19)12(20)14(22)17-9-4-2-8(3-5-9)10-6-7-16-18-10/h2-7,11-12,19-20H,1H3,(H,15,21)(H,16,18)(H,17,22)/t11-,12-/m1/s1. The molecule has 116 valence electrons. The number of anilines is 1. The molecular weight excluding hydrogens is 288 g/mol. The van der Waals surface area contributed by atoms with Gasteiger partial charge in [0.1, 0.15) is 0 Å². The van der Waals surface area contributed by atoms with E-state index < -0.39 is 24.0 Å². The zero-order valence-electron chi connectivity index (χ0n) is 11.8. The Morgan fingerprint density at radius 2 is 1.73 bits per heavy atom. The van der Waals surface area contributed by atoms with Gasteiger partial charge in [0, 0.05) is 24.5 Å². The SMILES string of the molecule is CNC(=O)[C@H](O)[C@@H](O)C(=O)Nc1ccc(-c2cc[nH]n2)cc1. The maximum Gasteiger partial charge on any atom is 0.256 e. The second kappa shape index (κ2) is 6.83. The Kier molecular flexibility index (Phi) is 4.87. The maximum atomic E-state index is 11.8.